The molecule has 0 radical (unpaired) electrons. The molecule has 3 N–H and O–H groups in total. The highest BCUT2D eigenvalue weighted by atomic mass is 16.4. The largest absolute Gasteiger partial charge is 0.417 e. The molecule has 2 rings (SSSR count). The molecule has 1 atom stereocenters. The molecular formula is C13H19N3O2. The number of hydrogen-bond acceptors (Lipinski definition) is 4. The van der Waals surface area contributed by atoms with Gasteiger partial charge in [-0.15, -0.1) is 0 Å². The quantitative estimate of drug-likeness (QED) is 0.730. The average molecular weight is 249 g/mol. The van der Waals surface area contributed by atoms with Crippen molar-refractivity contribution >= 4 is 16.8 Å². The van der Waals surface area contributed by atoms with Crippen LogP contribution in [0.4, 0.5) is 5.69 Å². The number of H-pyrrole nitrogens is 1. The zero-order valence-corrected chi connectivity index (χ0v) is 10.7. The average Bonchev–Trinajstić information content (AvgIpc) is 2.73. The third kappa shape index (κ3) is 2.92. The van der Waals surface area contributed by atoms with Crippen LogP contribution in [-0.2, 0) is 0 Å². The Morgan fingerprint density at radius 3 is 2.94 bits per heavy atom. The number of benzene rings is 1. The first-order chi connectivity index (χ1) is 8.72. The number of rotatable bonds is 6. The third-order valence-electron chi connectivity index (χ3n) is 3.08. The van der Waals surface area contributed by atoms with Gasteiger partial charge in [0.05, 0.1) is 5.52 Å². The van der Waals surface area contributed by atoms with Crippen LogP contribution >= 0.6 is 0 Å². The van der Waals surface area contributed by atoms with Gasteiger partial charge in [-0.3, -0.25) is 4.98 Å². The Morgan fingerprint density at radius 1 is 1.39 bits per heavy atom. The van der Waals surface area contributed by atoms with Crippen LogP contribution in [0.2, 0.25) is 0 Å². The first-order valence-corrected chi connectivity index (χ1v) is 6.24. The van der Waals surface area contributed by atoms with Crippen LogP contribution in [0.25, 0.3) is 11.1 Å². The predicted octanol–water partition coefficient (Wildman–Crippen LogP) is 1.78. The summed E-state index contributed by atoms with van der Waals surface area (Å²) in [6.45, 7) is 4.08. The Bertz CT molecular complexity index is 559. The summed E-state index contributed by atoms with van der Waals surface area (Å²) in [6.07, 6.45) is 1.12. The lowest BCUT2D eigenvalue weighted by Gasteiger charge is -2.15. The van der Waals surface area contributed by atoms with Gasteiger partial charge in [-0.05, 0) is 37.7 Å². The second-order valence-electron chi connectivity index (χ2n) is 4.44. The molecule has 98 valence electrons. The van der Waals surface area contributed by atoms with Crippen molar-refractivity contribution in [2.75, 3.05) is 25.5 Å². The summed E-state index contributed by atoms with van der Waals surface area (Å²) in [5.41, 5.74) is 2.31. The number of nitrogens with one attached hydrogen (secondary N) is 3. The van der Waals surface area contributed by atoms with Crippen LogP contribution in [0.1, 0.15) is 13.3 Å². The van der Waals surface area contributed by atoms with Crippen molar-refractivity contribution in [1.29, 1.82) is 0 Å². The smallest absolute Gasteiger partial charge is 0.408 e. The Morgan fingerprint density at radius 2 is 2.22 bits per heavy atom. The third-order valence-corrected chi connectivity index (χ3v) is 3.08. The van der Waals surface area contributed by atoms with E-state index in [1.165, 1.54) is 0 Å². The molecule has 0 aliphatic carbocycles. The van der Waals surface area contributed by atoms with E-state index in [2.05, 4.69) is 22.5 Å². The van der Waals surface area contributed by atoms with E-state index in [4.69, 9.17) is 4.42 Å². The Balaban J connectivity index is 2.04. The van der Waals surface area contributed by atoms with Gasteiger partial charge >= 0.3 is 5.76 Å². The number of oxazole rings is 1. The summed E-state index contributed by atoms with van der Waals surface area (Å²) in [7, 11) is 1.96. The van der Waals surface area contributed by atoms with Gasteiger partial charge in [0.1, 0.15) is 0 Å². The summed E-state index contributed by atoms with van der Waals surface area (Å²) >= 11 is 0. The van der Waals surface area contributed by atoms with Crippen molar-refractivity contribution in [3.63, 3.8) is 0 Å². The minimum absolute atomic E-state index is 0.413. The van der Waals surface area contributed by atoms with E-state index in [1.54, 1.807) is 6.07 Å². The topological polar surface area (TPSA) is 70.1 Å². The molecule has 1 aromatic heterocycles. The normalized spacial score (nSPS) is 12.8. The van der Waals surface area contributed by atoms with Crippen LogP contribution in [0.5, 0.6) is 0 Å². The zero-order valence-electron chi connectivity index (χ0n) is 10.7. The number of aromatic amines is 1. The Hall–Kier alpha value is -1.75. The van der Waals surface area contributed by atoms with Crippen molar-refractivity contribution in [1.82, 2.24) is 10.3 Å². The Kier molecular flexibility index (Phi) is 4.04. The molecule has 1 heterocycles. The highest BCUT2D eigenvalue weighted by molar-refractivity contribution is 5.76. The molecule has 1 unspecified atom stereocenters. The highest BCUT2D eigenvalue weighted by Gasteiger charge is 2.06. The second-order valence-corrected chi connectivity index (χ2v) is 4.44. The molecular weight excluding hydrogens is 230 g/mol. The van der Waals surface area contributed by atoms with E-state index in [0.717, 1.165) is 30.7 Å². The van der Waals surface area contributed by atoms with Gasteiger partial charge in [0.25, 0.3) is 0 Å². The van der Waals surface area contributed by atoms with Gasteiger partial charge < -0.3 is 15.1 Å². The summed E-state index contributed by atoms with van der Waals surface area (Å²) in [4.78, 5) is 13.7. The number of anilines is 1. The molecule has 5 heteroatoms. The van der Waals surface area contributed by atoms with Crippen LogP contribution in [0.15, 0.2) is 27.4 Å². The van der Waals surface area contributed by atoms with Gasteiger partial charge in [-0.2, -0.15) is 0 Å². The fourth-order valence-corrected chi connectivity index (χ4v) is 1.97. The lowest BCUT2D eigenvalue weighted by molar-refractivity contribution is 0.507. The number of hydrogen-bond donors (Lipinski definition) is 3. The van der Waals surface area contributed by atoms with E-state index in [9.17, 15) is 4.79 Å². The molecule has 2 aromatic rings. The van der Waals surface area contributed by atoms with Crippen LogP contribution in [0.3, 0.4) is 0 Å². The van der Waals surface area contributed by atoms with Crippen LogP contribution < -0.4 is 16.4 Å². The zero-order chi connectivity index (χ0) is 13.0. The molecule has 5 nitrogen and oxygen atoms in total. The summed E-state index contributed by atoms with van der Waals surface area (Å²) in [5, 5.41) is 6.56. The van der Waals surface area contributed by atoms with Gasteiger partial charge in [0.15, 0.2) is 5.58 Å². The molecule has 18 heavy (non-hydrogen) atoms. The first kappa shape index (κ1) is 12.7. The second kappa shape index (κ2) is 5.73. The number of aromatic nitrogens is 1. The maximum Gasteiger partial charge on any atom is 0.417 e. The maximum absolute atomic E-state index is 11.0. The SMILES string of the molecule is CCC(CNC)CNc1ccc2oc(=O)[nH]c2c1. The molecule has 0 saturated heterocycles. The summed E-state index contributed by atoms with van der Waals surface area (Å²) in [6, 6.07) is 5.62. The monoisotopic (exact) mass is 249 g/mol. The lowest BCUT2D eigenvalue weighted by atomic mass is 10.1. The van der Waals surface area contributed by atoms with Gasteiger partial charge in [-0.1, -0.05) is 13.3 Å². The van der Waals surface area contributed by atoms with Crippen LogP contribution in [-0.4, -0.2) is 25.1 Å². The predicted molar refractivity (Wildman–Crippen MR) is 73.0 cm³/mol. The molecule has 0 aliphatic rings. The molecule has 0 fully saturated rings. The van der Waals surface area contributed by atoms with Crippen molar-refractivity contribution < 1.29 is 4.42 Å². The summed E-state index contributed by atoms with van der Waals surface area (Å²) < 4.78 is 4.96. The standard InChI is InChI=1S/C13H19N3O2/c1-3-9(7-14-2)8-15-10-4-5-12-11(6-10)16-13(17)18-12/h4-6,9,14-15H,3,7-8H2,1-2H3,(H,16,17). The molecule has 0 spiro atoms. The van der Waals surface area contributed by atoms with E-state index in [0.29, 0.717) is 11.5 Å². The lowest BCUT2D eigenvalue weighted by Crippen LogP contribution is -2.24. The fraction of sp³-hybridized carbons (Fsp3) is 0.462. The van der Waals surface area contributed by atoms with Crippen molar-refractivity contribution in [3.05, 3.63) is 28.7 Å². The molecule has 0 bridgehead atoms. The highest BCUT2D eigenvalue weighted by Crippen LogP contribution is 2.16. The minimum Gasteiger partial charge on any atom is -0.408 e. The summed E-state index contributed by atoms with van der Waals surface area (Å²) in [5.74, 6) is 0.179. The van der Waals surface area contributed by atoms with Gasteiger partial charge in [-0.25, -0.2) is 4.79 Å². The first-order valence-electron chi connectivity index (χ1n) is 6.24. The maximum atomic E-state index is 11.0. The van der Waals surface area contributed by atoms with Crippen molar-refractivity contribution in [3.8, 4) is 0 Å². The minimum atomic E-state index is -0.413. The number of fused-ring (bicyclic) bond motifs is 1. The Labute approximate surface area is 106 Å². The van der Waals surface area contributed by atoms with Gasteiger partial charge in [0, 0.05) is 12.2 Å². The van der Waals surface area contributed by atoms with Crippen molar-refractivity contribution in [2.24, 2.45) is 5.92 Å². The van der Waals surface area contributed by atoms with E-state index in [-0.39, 0.29) is 0 Å². The van der Waals surface area contributed by atoms with Crippen molar-refractivity contribution in [2.45, 2.75) is 13.3 Å². The van der Waals surface area contributed by atoms with E-state index in [1.807, 2.05) is 19.2 Å². The fourth-order valence-electron chi connectivity index (χ4n) is 1.97. The van der Waals surface area contributed by atoms with Crippen LogP contribution in [0, 0.1) is 5.92 Å². The molecule has 0 saturated carbocycles. The van der Waals surface area contributed by atoms with E-state index < -0.39 is 5.76 Å². The molecule has 1 aromatic carbocycles. The van der Waals surface area contributed by atoms with E-state index >= 15 is 0 Å². The molecule has 0 amide bonds. The molecule has 0 aliphatic heterocycles. The van der Waals surface area contributed by atoms with Gasteiger partial charge in [0.2, 0.25) is 0 Å².